The van der Waals surface area contributed by atoms with Gasteiger partial charge >= 0.3 is 0 Å². The molecule has 0 aliphatic carbocycles. The molecule has 4 rings (SSSR count). The fourth-order valence-corrected chi connectivity index (χ4v) is 3.43. The van der Waals surface area contributed by atoms with Crippen molar-refractivity contribution in [2.24, 2.45) is 0 Å². The molecule has 0 bridgehead atoms. The molecule has 2 aromatic heterocycles. The lowest BCUT2D eigenvalue weighted by Gasteiger charge is -2.27. The Bertz CT molecular complexity index is 821. The van der Waals surface area contributed by atoms with E-state index in [1.807, 2.05) is 24.4 Å². The number of aromatic nitrogens is 3. The first kappa shape index (κ1) is 13.0. The standard InChI is InChI=1S/C16H16ClN3O/c1-16(6-7-21-10-16)20-14(8-17)19-13-9-18-12-5-3-2-4-11(12)15(13)20/h2-5,9H,6-8,10H2,1H3. The van der Waals surface area contributed by atoms with Crippen LogP contribution in [0.4, 0.5) is 0 Å². The van der Waals surface area contributed by atoms with Crippen LogP contribution in [0.3, 0.4) is 0 Å². The lowest BCUT2D eigenvalue weighted by atomic mass is 10.0. The average molecular weight is 302 g/mol. The largest absolute Gasteiger partial charge is 0.379 e. The third kappa shape index (κ3) is 1.86. The van der Waals surface area contributed by atoms with E-state index in [2.05, 4.69) is 27.5 Å². The molecule has 4 nitrogen and oxygen atoms in total. The maximum atomic E-state index is 6.15. The van der Waals surface area contributed by atoms with Crippen molar-refractivity contribution in [3.63, 3.8) is 0 Å². The first-order valence-corrected chi connectivity index (χ1v) is 7.66. The number of hydrogen-bond acceptors (Lipinski definition) is 3. The van der Waals surface area contributed by atoms with Gasteiger partial charge in [0, 0.05) is 12.0 Å². The lowest BCUT2D eigenvalue weighted by molar-refractivity contribution is 0.162. The molecule has 0 spiro atoms. The number of rotatable bonds is 2. The highest BCUT2D eigenvalue weighted by Gasteiger charge is 2.35. The summed E-state index contributed by atoms with van der Waals surface area (Å²) >= 11 is 6.15. The van der Waals surface area contributed by atoms with Gasteiger partial charge in [-0.25, -0.2) is 4.98 Å². The zero-order valence-electron chi connectivity index (χ0n) is 11.8. The van der Waals surface area contributed by atoms with Gasteiger partial charge in [-0.1, -0.05) is 18.2 Å². The Balaban J connectivity index is 2.13. The van der Waals surface area contributed by atoms with Crippen molar-refractivity contribution in [2.45, 2.75) is 24.8 Å². The third-order valence-corrected chi connectivity index (χ3v) is 4.56. The van der Waals surface area contributed by atoms with Crippen molar-refractivity contribution in [1.82, 2.24) is 14.5 Å². The van der Waals surface area contributed by atoms with Crippen LogP contribution in [0.5, 0.6) is 0 Å². The quantitative estimate of drug-likeness (QED) is 0.681. The van der Waals surface area contributed by atoms with Crippen LogP contribution in [0, 0.1) is 0 Å². The molecule has 21 heavy (non-hydrogen) atoms. The van der Waals surface area contributed by atoms with E-state index >= 15 is 0 Å². The van der Waals surface area contributed by atoms with Crippen LogP contribution in [0.15, 0.2) is 30.5 Å². The lowest BCUT2D eigenvalue weighted by Crippen LogP contribution is -2.31. The van der Waals surface area contributed by atoms with Crippen LogP contribution in [0.1, 0.15) is 19.2 Å². The molecule has 108 valence electrons. The highest BCUT2D eigenvalue weighted by atomic mass is 35.5. The molecule has 0 radical (unpaired) electrons. The van der Waals surface area contributed by atoms with Gasteiger partial charge < -0.3 is 9.30 Å². The minimum Gasteiger partial charge on any atom is -0.379 e. The monoisotopic (exact) mass is 301 g/mol. The first-order valence-electron chi connectivity index (χ1n) is 7.12. The molecule has 1 aliphatic rings. The molecule has 0 amide bonds. The number of nitrogens with zero attached hydrogens (tertiary/aromatic N) is 3. The molecule has 1 saturated heterocycles. The molecule has 1 aromatic carbocycles. The predicted octanol–water partition coefficient (Wildman–Crippen LogP) is 3.46. The SMILES string of the molecule is CC1(n2c(CCl)nc3cnc4ccccc4c32)CCOC1. The Morgan fingerprint density at radius 2 is 2.19 bits per heavy atom. The number of imidazole rings is 1. The molecule has 1 unspecified atom stereocenters. The maximum absolute atomic E-state index is 6.15. The number of pyridine rings is 1. The Kier molecular flexibility index (Phi) is 2.91. The summed E-state index contributed by atoms with van der Waals surface area (Å²) < 4.78 is 7.91. The van der Waals surface area contributed by atoms with Crippen LogP contribution in [-0.4, -0.2) is 27.7 Å². The van der Waals surface area contributed by atoms with Gasteiger partial charge in [-0.3, -0.25) is 4.98 Å². The van der Waals surface area contributed by atoms with Gasteiger partial charge in [0.15, 0.2) is 0 Å². The zero-order valence-corrected chi connectivity index (χ0v) is 12.6. The molecule has 1 fully saturated rings. The summed E-state index contributed by atoms with van der Waals surface area (Å²) in [6.07, 6.45) is 2.81. The highest BCUT2D eigenvalue weighted by Crippen LogP contribution is 2.35. The number of benzene rings is 1. The van der Waals surface area contributed by atoms with Crippen molar-refractivity contribution in [3.8, 4) is 0 Å². The van der Waals surface area contributed by atoms with E-state index in [1.165, 1.54) is 0 Å². The third-order valence-electron chi connectivity index (χ3n) is 4.32. The minimum absolute atomic E-state index is 0.0941. The molecule has 1 atom stereocenters. The summed E-state index contributed by atoms with van der Waals surface area (Å²) in [6.45, 7) is 3.69. The van der Waals surface area contributed by atoms with Crippen molar-refractivity contribution < 1.29 is 4.74 Å². The van der Waals surface area contributed by atoms with E-state index in [-0.39, 0.29) is 5.54 Å². The van der Waals surface area contributed by atoms with E-state index in [0.29, 0.717) is 12.5 Å². The molecule has 0 saturated carbocycles. The second-order valence-electron chi connectivity index (χ2n) is 5.81. The van der Waals surface area contributed by atoms with Crippen molar-refractivity contribution in [1.29, 1.82) is 0 Å². The van der Waals surface area contributed by atoms with Crippen molar-refractivity contribution in [3.05, 3.63) is 36.3 Å². The second kappa shape index (κ2) is 4.68. The summed E-state index contributed by atoms with van der Waals surface area (Å²) in [5, 5.41) is 1.12. The molecule has 3 heterocycles. The first-order chi connectivity index (χ1) is 10.2. The summed E-state index contributed by atoms with van der Waals surface area (Å²) in [7, 11) is 0. The predicted molar refractivity (Wildman–Crippen MR) is 83.7 cm³/mol. The van der Waals surface area contributed by atoms with Gasteiger partial charge in [-0.2, -0.15) is 0 Å². The summed E-state index contributed by atoms with van der Waals surface area (Å²) in [4.78, 5) is 9.18. The van der Waals surface area contributed by atoms with E-state index in [1.54, 1.807) is 0 Å². The smallest absolute Gasteiger partial charge is 0.125 e. The topological polar surface area (TPSA) is 39.9 Å². The number of alkyl halides is 1. The molecular weight excluding hydrogens is 286 g/mol. The molecule has 0 N–H and O–H groups in total. The molecular formula is C16H16ClN3O. The normalized spacial score (nSPS) is 22.4. The Morgan fingerprint density at radius 1 is 1.33 bits per heavy atom. The fraction of sp³-hybridized carbons (Fsp3) is 0.375. The Labute approximate surface area is 127 Å². The van der Waals surface area contributed by atoms with Crippen molar-refractivity contribution >= 4 is 33.5 Å². The summed E-state index contributed by atoms with van der Waals surface area (Å²) in [5.41, 5.74) is 2.90. The van der Waals surface area contributed by atoms with Gasteiger partial charge in [0.1, 0.15) is 11.3 Å². The van der Waals surface area contributed by atoms with E-state index in [4.69, 9.17) is 16.3 Å². The van der Waals surface area contributed by atoms with Gasteiger partial charge in [-0.05, 0) is 19.4 Å². The maximum Gasteiger partial charge on any atom is 0.125 e. The Morgan fingerprint density at radius 3 is 2.95 bits per heavy atom. The van der Waals surface area contributed by atoms with Gasteiger partial charge in [0.2, 0.25) is 0 Å². The van der Waals surface area contributed by atoms with Gasteiger partial charge in [0.05, 0.1) is 35.3 Å². The van der Waals surface area contributed by atoms with Crippen LogP contribution < -0.4 is 0 Å². The van der Waals surface area contributed by atoms with Crippen LogP contribution in [0.25, 0.3) is 21.9 Å². The molecule has 1 aliphatic heterocycles. The number of fused-ring (bicyclic) bond motifs is 3. The van der Waals surface area contributed by atoms with Crippen LogP contribution in [-0.2, 0) is 16.2 Å². The Hall–Kier alpha value is -1.65. The zero-order chi connectivity index (χ0) is 14.4. The summed E-state index contributed by atoms with van der Waals surface area (Å²) in [5.74, 6) is 1.27. The number of para-hydroxylation sites is 1. The van der Waals surface area contributed by atoms with E-state index in [9.17, 15) is 0 Å². The molecule has 5 heteroatoms. The number of hydrogen-bond donors (Lipinski definition) is 0. The minimum atomic E-state index is -0.0941. The van der Waals surface area contributed by atoms with Gasteiger partial charge in [0.25, 0.3) is 0 Å². The fourth-order valence-electron chi connectivity index (χ4n) is 3.25. The van der Waals surface area contributed by atoms with E-state index < -0.39 is 0 Å². The molecule has 3 aromatic rings. The average Bonchev–Trinajstić information content (AvgIpc) is 3.11. The second-order valence-corrected chi connectivity index (χ2v) is 6.07. The van der Waals surface area contributed by atoms with Crippen LogP contribution in [0.2, 0.25) is 0 Å². The van der Waals surface area contributed by atoms with E-state index in [0.717, 1.165) is 40.8 Å². The highest BCUT2D eigenvalue weighted by molar-refractivity contribution is 6.17. The number of ether oxygens (including phenoxy) is 1. The van der Waals surface area contributed by atoms with Crippen molar-refractivity contribution in [2.75, 3.05) is 13.2 Å². The van der Waals surface area contributed by atoms with Crippen LogP contribution >= 0.6 is 11.6 Å². The summed E-state index contributed by atoms with van der Waals surface area (Å²) in [6, 6.07) is 8.17. The number of halogens is 1. The van der Waals surface area contributed by atoms with Gasteiger partial charge in [-0.15, -0.1) is 11.6 Å².